The van der Waals surface area contributed by atoms with Crippen LogP contribution in [-0.4, -0.2) is 49.6 Å². The summed E-state index contributed by atoms with van der Waals surface area (Å²) in [6.45, 7) is 4.70. The standard InChI is InChI=1S/C23H27F2N3O/c24-18-8-10-20(21(25)15-18)23(29)26-11-3-4-12-27-13-14-28-19(16-27)9-7-17-5-1-2-6-22(17)28/h1-2,5-6,8,10,15,19H,3-4,7,9,11-14,16H2,(H,26,29). The molecule has 0 saturated carbocycles. The maximum Gasteiger partial charge on any atom is 0.254 e. The normalized spacial score (nSPS) is 18.8. The van der Waals surface area contributed by atoms with Crippen LogP contribution in [0.2, 0.25) is 0 Å². The average Bonchev–Trinajstić information content (AvgIpc) is 2.73. The van der Waals surface area contributed by atoms with E-state index in [1.807, 2.05) is 0 Å². The summed E-state index contributed by atoms with van der Waals surface area (Å²) in [7, 11) is 0. The Labute approximate surface area is 170 Å². The highest BCUT2D eigenvalue weighted by molar-refractivity contribution is 5.94. The van der Waals surface area contributed by atoms with Crippen molar-refractivity contribution in [3.63, 3.8) is 0 Å². The summed E-state index contributed by atoms with van der Waals surface area (Å²) < 4.78 is 26.6. The van der Waals surface area contributed by atoms with Gasteiger partial charge in [-0.1, -0.05) is 18.2 Å². The van der Waals surface area contributed by atoms with Crippen molar-refractivity contribution in [3.8, 4) is 0 Å². The number of fused-ring (bicyclic) bond motifs is 3. The van der Waals surface area contributed by atoms with Crippen molar-refractivity contribution < 1.29 is 13.6 Å². The second-order valence-corrected chi connectivity index (χ2v) is 7.90. The van der Waals surface area contributed by atoms with Gasteiger partial charge in [0.05, 0.1) is 5.56 Å². The topological polar surface area (TPSA) is 35.6 Å². The molecule has 4 nitrogen and oxygen atoms in total. The lowest BCUT2D eigenvalue weighted by Crippen LogP contribution is -2.55. The second-order valence-electron chi connectivity index (χ2n) is 7.90. The van der Waals surface area contributed by atoms with E-state index in [1.165, 1.54) is 23.7 Å². The molecular weight excluding hydrogens is 372 g/mol. The summed E-state index contributed by atoms with van der Waals surface area (Å²) in [6.07, 6.45) is 4.17. The van der Waals surface area contributed by atoms with Gasteiger partial charge in [-0.2, -0.15) is 0 Å². The van der Waals surface area contributed by atoms with Gasteiger partial charge in [0.1, 0.15) is 11.6 Å². The molecule has 0 aliphatic carbocycles. The minimum absolute atomic E-state index is 0.111. The Morgan fingerprint density at radius 1 is 1.10 bits per heavy atom. The molecular formula is C23H27F2N3O. The van der Waals surface area contributed by atoms with Crippen molar-refractivity contribution in [3.05, 3.63) is 65.2 Å². The summed E-state index contributed by atoms with van der Waals surface area (Å²) in [5.41, 5.74) is 2.75. The molecule has 0 radical (unpaired) electrons. The summed E-state index contributed by atoms with van der Waals surface area (Å²) in [4.78, 5) is 17.1. The van der Waals surface area contributed by atoms with Gasteiger partial charge in [0.25, 0.3) is 5.91 Å². The molecule has 1 fully saturated rings. The van der Waals surface area contributed by atoms with Crippen molar-refractivity contribution in [1.82, 2.24) is 10.2 Å². The number of anilines is 1. The third-order valence-corrected chi connectivity index (χ3v) is 5.98. The number of aryl methyl sites for hydroxylation is 1. The SMILES string of the molecule is O=C(NCCCCN1CCN2c3ccccc3CCC2C1)c1ccc(F)cc1F. The number of nitrogens with zero attached hydrogens (tertiary/aromatic N) is 2. The third kappa shape index (κ3) is 4.58. The first-order valence-corrected chi connectivity index (χ1v) is 10.4. The van der Waals surface area contributed by atoms with E-state index in [2.05, 4.69) is 39.4 Å². The van der Waals surface area contributed by atoms with Gasteiger partial charge in [0.15, 0.2) is 0 Å². The Morgan fingerprint density at radius 2 is 1.97 bits per heavy atom. The first-order chi connectivity index (χ1) is 14.1. The van der Waals surface area contributed by atoms with Gasteiger partial charge in [-0.05, 0) is 56.0 Å². The molecule has 29 heavy (non-hydrogen) atoms. The van der Waals surface area contributed by atoms with Gasteiger partial charge >= 0.3 is 0 Å². The molecule has 4 rings (SSSR count). The second kappa shape index (κ2) is 8.91. The van der Waals surface area contributed by atoms with Gasteiger partial charge in [-0.3, -0.25) is 9.69 Å². The Balaban J connectivity index is 1.18. The number of carbonyl (C=O) groups excluding carboxylic acids is 1. The molecule has 2 aliphatic heterocycles. The molecule has 0 bridgehead atoms. The maximum atomic E-state index is 13.6. The lowest BCUT2D eigenvalue weighted by Gasteiger charge is -2.46. The largest absolute Gasteiger partial charge is 0.366 e. The van der Waals surface area contributed by atoms with Gasteiger partial charge in [-0.25, -0.2) is 8.78 Å². The molecule has 154 valence electrons. The molecule has 6 heteroatoms. The highest BCUT2D eigenvalue weighted by Crippen LogP contribution is 2.32. The molecule has 0 aromatic heterocycles. The smallest absolute Gasteiger partial charge is 0.254 e. The van der Waals surface area contributed by atoms with Crippen LogP contribution >= 0.6 is 0 Å². The van der Waals surface area contributed by atoms with E-state index in [-0.39, 0.29) is 5.56 Å². The molecule has 1 unspecified atom stereocenters. The number of amides is 1. The first kappa shape index (κ1) is 19.8. The van der Waals surface area contributed by atoms with E-state index in [0.29, 0.717) is 12.6 Å². The Hall–Kier alpha value is -2.47. The lowest BCUT2D eigenvalue weighted by atomic mass is 9.94. The van der Waals surface area contributed by atoms with Crippen LogP contribution in [0.1, 0.15) is 35.2 Å². The van der Waals surface area contributed by atoms with Crippen molar-refractivity contribution in [1.29, 1.82) is 0 Å². The molecule has 1 amide bonds. The summed E-state index contributed by atoms with van der Waals surface area (Å²) in [5.74, 6) is -1.99. The van der Waals surface area contributed by atoms with Gasteiger partial charge in [-0.15, -0.1) is 0 Å². The lowest BCUT2D eigenvalue weighted by molar-refractivity contribution is 0.0948. The van der Waals surface area contributed by atoms with Crippen molar-refractivity contribution in [2.24, 2.45) is 0 Å². The van der Waals surface area contributed by atoms with Crippen LogP contribution in [0.15, 0.2) is 42.5 Å². The number of unbranched alkanes of at least 4 members (excludes halogenated alkanes) is 1. The summed E-state index contributed by atoms with van der Waals surface area (Å²) >= 11 is 0. The van der Waals surface area contributed by atoms with Crippen LogP contribution in [-0.2, 0) is 6.42 Å². The van der Waals surface area contributed by atoms with E-state index in [9.17, 15) is 13.6 Å². The molecule has 2 heterocycles. The zero-order valence-electron chi connectivity index (χ0n) is 16.5. The minimum atomic E-state index is -0.825. The van der Waals surface area contributed by atoms with Crippen LogP contribution < -0.4 is 10.2 Å². The van der Waals surface area contributed by atoms with Crippen LogP contribution in [0.3, 0.4) is 0 Å². The Morgan fingerprint density at radius 3 is 2.83 bits per heavy atom. The van der Waals surface area contributed by atoms with Crippen LogP contribution in [0.5, 0.6) is 0 Å². The van der Waals surface area contributed by atoms with Crippen LogP contribution in [0.4, 0.5) is 14.5 Å². The number of nitrogens with one attached hydrogen (secondary N) is 1. The molecule has 2 aromatic rings. The first-order valence-electron chi connectivity index (χ1n) is 10.4. The minimum Gasteiger partial charge on any atom is -0.366 e. The molecule has 0 spiro atoms. The number of benzene rings is 2. The fourth-order valence-electron chi connectivity index (χ4n) is 4.44. The van der Waals surface area contributed by atoms with Gasteiger partial charge in [0, 0.05) is 44.0 Å². The third-order valence-electron chi connectivity index (χ3n) is 5.98. The quantitative estimate of drug-likeness (QED) is 0.754. The fourth-order valence-corrected chi connectivity index (χ4v) is 4.44. The number of piperazine rings is 1. The summed E-state index contributed by atoms with van der Waals surface area (Å²) in [6, 6.07) is 12.3. The van der Waals surface area contributed by atoms with E-state index >= 15 is 0 Å². The highest BCUT2D eigenvalue weighted by Gasteiger charge is 2.30. The van der Waals surface area contributed by atoms with Crippen LogP contribution in [0.25, 0.3) is 0 Å². The number of halogens is 2. The number of hydrogen-bond donors (Lipinski definition) is 1. The van der Waals surface area contributed by atoms with Gasteiger partial charge in [0.2, 0.25) is 0 Å². The average molecular weight is 399 g/mol. The van der Waals surface area contributed by atoms with E-state index in [1.54, 1.807) is 0 Å². The van der Waals surface area contributed by atoms with Crippen molar-refractivity contribution in [2.45, 2.75) is 31.7 Å². The summed E-state index contributed by atoms with van der Waals surface area (Å²) in [5, 5.41) is 2.73. The molecule has 1 saturated heterocycles. The predicted molar refractivity (Wildman–Crippen MR) is 110 cm³/mol. The molecule has 2 aromatic carbocycles. The van der Waals surface area contributed by atoms with E-state index in [0.717, 1.165) is 57.6 Å². The number of hydrogen-bond acceptors (Lipinski definition) is 3. The van der Waals surface area contributed by atoms with Gasteiger partial charge < -0.3 is 10.2 Å². The molecule has 1 atom stereocenters. The number of rotatable bonds is 6. The predicted octanol–water partition coefficient (Wildman–Crippen LogP) is 3.61. The van der Waals surface area contributed by atoms with Crippen molar-refractivity contribution >= 4 is 11.6 Å². The Bertz CT molecular complexity index is 873. The molecule has 1 N–H and O–H groups in total. The fraction of sp³-hybridized carbons (Fsp3) is 0.435. The van der Waals surface area contributed by atoms with E-state index in [4.69, 9.17) is 0 Å². The zero-order valence-corrected chi connectivity index (χ0v) is 16.5. The Kier molecular flexibility index (Phi) is 6.09. The number of para-hydroxylation sites is 1. The number of carbonyl (C=O) groups is 1. The zero-order chi connectivity index (χ0) is 20.2. The van der Waals surface area contributed by atoms with Crippen molar-refractivity contribution in [2.75, 3.05) is 37.6 Å². The van der Waals surface area contributed by atoms with E-state index < -0.39 is 17.5 Å². The maximum absolute atomic E-state index is 13.6. The van der Waals surface area contributed by atoms with Crippen LogP contribution in [0, 0.1) is 11.6 Å². The molecule has 2 aliphatic rings. The monoisotopic (exact) mass is 399 g/mol. The highest BCUT2D eigenvalue weighted by atomic mass is 19.1.